The first-order valence-electron chi connectivity index (χ1n) is 6.48. The number of esters is 1. The zero-order valence-corrected chi connectivity index (χ0v) is 10.4. The summed E-state index contributed by atoms with van der Waals surface area (Å²) in [5, 5.41) is 0.647. The third-order valence-corrected chi connectivity index (χ3v) is 3.51. The fourth-order valence-electron chi connectivity index (χ4n) is 2.52. The lowest BCUT2D eigenvalue weighted by Crippen LogP contribution is -2.18. The summed E-state index contributed by atoms with van der Waals surface area (Å²) in [4.78, 5) is 23.5. The first-order valence-corrected chi connectivity index (χ1v) is 6.48. The van der Waals surface area contributed by atoms with Gasteiger partial charge in [0, 0.05) is 0 Å². The van der Waals surface area contributed by atoms with Crippen LogP contribution in [0.5, 0.6) is 5.75 Å². The molecule has 0 saturated heterocycles. The highest BCUT2D eigenvalue weighted by molar-refractivity contribution is 5.86. The Hall–Kier alpha value is -2.10. The summed E-state index contributed by atoms with van der Waals surface area (Å²) in [7, 11) is 0. The quantitative estimate of drug-likeness (QED) is 0.614. The third kappa shape index (κ3) is 2.38. The third-order valence-electron chi connectivity index (χ3n) is 3.51. The van der Waals surface area contributed by atoms with Crippen LogP contribution in [0.4, 0.5) is 0 Å². The maximum absolute atomic E-state index is 12.0. The Balaban J connectivity index is 1.95. The largest absolute Gasteiger partial charge is 0.425 e. The van der Waals surface area contributed by atoms with Crippen molar-refractivity contribution >= 4 is 16.9 Å². The highest BCUT2D eigenvalue weighted by Gasteiger charge is 2.25. The highest BCUT2D eigenvalue weighted by Crippen LogP contribution is 2.29. The summed E-state index contributed by atoms with van der Waals surface area (Å²) < 4.78 is 10.5. The van der Waals surface area contributed by atoms with E-state index in [2.05, 4.69) is 0 Å². The van der Waals surface area contributed by atoms with Crippen LogP contribution >= 0.6 is 0 Å². The molecule has 0 unspecified atom stereocenters. The van der Waals surface area contributed by atoms with E-state index in [9.17, 15) is 9.59 Å². The van der Waals surface area contributed by atoms with Gasteiger partial charge in [-0.25, -0.2) is 4.79 Å². The van der Waals surface area contributed by atoms with Gasteiger partial charge in [-0.3, -0.25) is 4.79 Å². The Morgan fingerprint density at radius 3 is 2.74 bits per heavy atom. The summed E-state index contributed by atoms with van der Waals surface area (Å²) in [6.45, 7) is 0. The lowest BCUT2D eigenvalue weighted by Gasteiger charge is -2.10. The molecule has 1 saturated carbocycles. The van der Waals surface area contributed by atoms with E-state index < -0.39 is 5.63 Å². The number of ether oxygens (including phenoxy) is 1. The number of fused-ring (bicyclic) bond motifs is 1. The molecule has 0 amide bonds. The molecule has 1 aliphatic carbocycles. The van der Waals surface area contributed by atoms with Crippen LogP contribution in [-0.4, -0.2) is 5.97 Å². The summed E-state index contributed by atoms with van der Waals surface area (Å²) in [5.74, 6) is 0.0167. The fraction of sp³-hybridized carbons (Fsp3) is 0.333. The average Bonchev–Trinajstić information content (AvgIpc) is 2.92. The summed E-state index contributed by atoms with van der Waals surface area (Å²) in [6, 6.07) is 8.28. The lowest BCUT2D eigenvalue weighted by atomic mass is 10.1. The molecule has 0 N–H and O–H groups in total. The standard InChI is InChI=1S/C15H14O4/c16-14-9-13(11-7-3-4-8-12(11)18-14)19-15(17)10-5-1-2-6-10/h3-4,7-10H,1-2,5-6H2. The second kappa shape index (κ2) is 4.88. The first kappa shape index (κ1) is 12.0. The highest BCUT2D eigenvalue weighted by atomic mass is 16.5. The first-order chi connectivity index (χ1) is 9.24. The van der Waals surface area contributed by atoms with Gasteiger partial charge in [0.05, 0.1) is 17.4 Å². The smallest absolute Gasteiger partial charge is 0.339 e. The van der Waals surface area contributed by atoms with Gasteiger partial charge in [-0.15, -0.1) is 0 Å². The predicted octanol–water partition coefficient (Wildman–Crippen LogP) is 2.89. The van der Waals surface area contributed by atoms with Crippen molar-refractivity contribution in [3.8, 4) is 5.75 Å². The Labute approximate surface area is 110 Å². The molecular weight excluding hydrogens is 244 g/mol. The molecule has 0 aliphatic heterocycles. The van der Waals surface area contributed by atoms with Crippen molar-refractivity contribution < 1.29 is 13.9 Å². The van der Waals surface area contributed by atoms with Crippen LogP contribution in [0.3, 0.4) is 0 Å². The van der Waals surface area contributed by atoms with E-state index in [1.54, 1.807) is 18.2 Å². The van der Waals surface area contributed by atoms with Gasteiger partial charge in [0.2, 0.25) is 0 Å². The number of carbonyl (C=O) groups excluding carboxylic acids is 1. The van der Waals surface area contributed by atoms with Gasteiger partial charge < -0.3 is 9.15 Å². The maximum Gasteiger partial charge on any atom is 0.339 e. The normalized spacial score (nSPS) is 15.8. The van der Waals surface area contributed by atoms with Crippen molar-refractivity contribution in [3.05, 3.63) is 40.8 Å². The molecule has 4 heteroatoms. The Bertz CT molecular complexity index is 665. The minimum atomic E-state index is -0.507. The van der Waals surface area contributed by atoms with Crippen LogP contribution in [0.1, 0.15) is 25.7 Å². The van der Waals surface area contributed by atoms with Crippen LogP contribution in [0.15, 0.2) is 39.5 Å². The second-order valence-electron chi connectivity index (χ2n) is 4.83. The molecule has 2 aromatic rings. The van der Waals surface area contributed by atoms with Gasteiger partial charge in [0.1, 0.15) is 11.3 Å². The number of carbonyl (C=O) groups is 1. The predicted molar refractivity (Wildman–Crippen MR) is 70.1 cm³/mol. The molecule has 1 fully saturated rings. The minimum absolute atomic E-state index is 0.0361. The zero-order valence-electron chi connectivity index (χ0n) is 10.4. The monoisotopic (exact) mass is 258 g/mol. The number of para-hydroxylation sites is 1. The van der Waals surface area contributed by atoms with Gasteiger partial charge in [-0.2, -0.15) is 0 Å². The number of benzene rings is 1. The minimum Gasteiger partial charge on any atom is -0.425 e. The molecule has 1 aliphatic rings. The molecule has 1 aromatic carbocycles. The molecule has 0 bridgehead atoms. The lowest BCUT2D eigenvalue weighted by molar-refractivity contribution is -0.138. The van der Waals surface area contributed by atoms with Crippen LogP contribution in [0.2, 0.25) is 0 Å². The SMILES string of the molecule is O=C(Oc1cc(=O)oc2ccccc12)C1CCCC1. The van der Waals surface area contributed by atoms with Crippen molar-refractivity contribution in [2.75, 3.05) is 0 Å². The van der Waals surface area contributed by atoms with Crippen molar-refractivity contribution in [2.24, 2.45) is 5.92 Å². The zero-order chi connectivity index (χ0) is 13.2. The van der Waals surface area contributed by atoms with Crippen LogP contribution < -0.4 is 10.4 Å². The van der Waals surface area contributed by atoms with Gasteiger partial charge in [0.15, 0.2) is 0 Å². The molecule has 0 radical (unpaired) electrons. The van der Waals surface area contributed by atoms with E-state index in [-0.39, 0.29) is 11.9 Å². The summed E-state index contributed by atoms with van der Waals surface area (Å²) in [6.07, 6.45) is 3.88. The van der Waals surface area contributed by atoms with Crippen molar-refractivity contribution in [2.45, 2.75) is 25.7 Å². The molecule has 0 spiro atoms. The molecule has 98 valence electrons. The van der Waals surface area contributed by atoms with Crippen LogP contribution in [-0.2, 0) is 4.79 Å². The van der Waals surface area contributed by atoms with Crippen molar-refractivity contribution in [1.82, 2.24) is 0 Å². The molecule has 1 heterocycles. The average molecular weight is 258 g/mol. The molecule has 19 heavy (non-hydrogen) atoms. The van der Waals surface area contributed by atoms with Crippen LogP contribution in [0, 0.1) is 5.92 Å². The van der Waals surface area contributed by atoms with Crippen molar-refractivity contribution in [1.29, 1.82) is 0 Å². The van der Waals surface area contributed by atoms with E-state index in [0.29, 0.717) is 16.7 Å². The molecule has 3 rings (SSSR count). The van der Waals surface area contributed by atoms with Crippen molar-refractivity contribution in [3.63, 3.8) is 0 Å². The van der Waals surface area contributed by atoms with Gasteiger partial charge in [0.25, 0.3) is 0 Å². The van der Waals surface area contributed by atoms with Gasteiger partial charge in [-0.1, -0.05) is 25.0 Å². The van der Waals surface area contributed by atoms with E-state index >= 15 is 0 Å². The number of hydrogen-bond acceptors (Lipinski definition) is 4. The van der Waals surface area contributed by atoms with E-state index in [0.717, 1.165) is 25.7 Å². The number of rotatable bonds is 2. The Morgan fingerprint density at radius 2 is 1.95 bits per heavy atom. The maximum atomic E-state index is 12.0. The van der Waals surface area contributed by atoms with E-state index in [1.165, 1.54) is 6.07 Å². The summed E-state index contributed by atoms with van der Waals surface area (Å²) in [5.41, 5.74) is -0.0721. The van der Waals surface area contributed by atoms with E-state index in [1.807, 2.05) is 6.07 Å². The van der Waals surface area contributed by atoms with E-state index in [4.69, 9.17) is 9.15 Å². The molecule has 0 atom stereocenters. The Kier molecular flexibility index (Phi) is 3.07. The van der Waals surface area contributed by atoms with Gasteiger partial charge >= 0.3 is 11.6 Å². The van der Waals surface area contributed by atoms with Crippen LogP contribution in [0.25, 0.3) is 11.0 Å². The number of hydrogen-bond donors (Lipinski definition) is 0. The van der Waals surface area contributed by atoms with Gasteiger partial charge in [-0.05, 0) is 25.0 Å². The topological polar surface area (TPSA) is 56.5 Å². The second-order valence-corrected chi connectivity index (χ2v) is 4.83. The molecule has 1 aromatic heterocycles. The molecule has 4 nitrogen and oxygen atoms in total. The fourth-order valence-corrected chi connectivity index (χ4v) is 2.52. The summed E-state index contributed by atoms with van der Waals surface area (Å²) >= 11 is 0. The Morgan fingerprint density at radius 1 is 1.21 bits per heavy atom. The molecular formula is C15H14O4.